The van der Waals surface area contributed by atoms with Gasteiger partial charge >= 0.3 is 12.3 Å². The van der Waals surface area contributed by atoms with Crippen molar-refractivity contribution in [2.24, 2.45) is 0 Å². The number of hydrogen-bond acceptors (Lipinski definition) is 3. The van der Waals surface area contributed by atoms with Crippen LogP contribution < -0.4 is 10.1 Å². The van der Waals surface area contributed by atoms with Crippen LogP contribution in [0.1, 0.15) is 30.0 Å². The molecule has 158 valence electrons. The molecule has 0 fully saturated rings. The molecule has 0 radical (unpaired) electrons. The lowest BCUT2D eigenvalue weighted by molar-refractivity contribution is -0.137. The van der Waals surface area contributed by atoms with E-state index in [-0.39, 0.29) is 10.8 Å². The Hall–Kier alpha value is -2.74. The molecule has 0 spiro atoms. The van der Waals surface area contributed by atoms with Gasteiger partial charge in [-0.1, -0.05) is 24.6 Å². The van der Waals surface area contributed by atoms with Crippen LogP contribution in [0, 0.1) is 0 Å². The minimum absolute atomic E-state index is 0.104. The number of alkyl halides is 3. The van der Waals surface area contributed by atoms with Crippen molar-refractivity contribution in [2.45, 2.75) is 32.4 Å². The number of carboxylic acid groups (broad SMARTS) is 1. The molecule has 0 aliphatic rings. The van der Waals surface area contributed by atoms with Crippen molar-refractivity contribution >= 4 is 24.0 Å². The van der Waals surface area contributed by atoms with Crippen molar-refractivity contribution in [1.82, 2.24) is 5.32 Å². The molecule has 0 bridgehead atoms. The van der Waals surface area contributed by atoms with E-state index in [1.54, 1.807) is 6.07 Å². The molecule has 0 aromatic heterocycles. The van der Waals surface area contributed by atoms with Crippen molar-refractivity contribution in [1.29, 1.82) is 0 Å². The van der Waals surface area contributed by atoms with Gasteiger partial charge in [-0.25, -0.2) is 4.79 Å². The fourth-order valence-electron chi connectivity index (χ4n) is 2.34. The van der Waals surface area contributed by atoms with Crippen LogP contribution in [0.4, 0.5) is 18.0 Å². The Kier molecular flexibility index (Phi) is 9.47. The molecule has 1 amide bonds. The maximum atomic E-state index is 12.6. The van der Waals surface area contributed by atoms with Crippen molar-refractivity contribution < 1.29 is 32.6 Å². The monoisotopic (exact) mass is 431 g/mol. The Morgan fingerprint density at radius 3 is 2.34 bits per heavy atom. The largest absolute Gasteiger partial charge is 0.465 e. The molecule has 9 heteroatoms. The Bertz CT molecular complexity index is 841. The fourth-order valence-corrected chi connectivity index (χ4v) is 2.56. The number of hydrogen-bond donors (Lipinski definition) is 2. The molecule has 0 saturated heterocycles. The van der Waals surface area contributed by atoms with Gasteiger partial charge in [0, 0.05) is 13.5 Å². The summed E-state index contributed by atoms with van der Waals surface area (Å²) in [4.78, 5) is 19.8. The smallest absolute Gasteiger partial charge is 0.416 e. The first kappa shape index (κ1) is 24.3. The van der Waals surface area contributed by atoms with Crippen LogP contribution in [0.3, 0.4) is 0 Å². The van der Waals surface area contributed by atoms with Crippen LogP contribution in [0.15, 0.2) is 36.4 Å². The minimum atomic E-state index is -4.45. The first-order valence-electron chi connectivity index (χ1n) is 8.63. The van der Waals surface area contributed by atoms with Gasteiger partial charge in [0.25, 0.3) is 0 Å². The Morgan fingerprint density at radius 1 is 1.21 bits per heavy atom. The van der Waals surface area contributed by atoms with Crippen LogP contribution in [-0.4, -0.2) is 24.5 Å². The van der Waals surface area contributed by atoms with E-state index in [0.29, 0.717) is 18.6 Å². The number of benzene rings is 2. The number of aryl methyl sites for hydroxylation is 2. The van der Waals surface area contributed by atoms with Crippen LogP contribution in [0.2, 0.25) is 5.02 Å². The predicted molar refractivity (Wildman–Crippen MR) is 104 cm³/mol. The SMILES string of the molecule is CCc1cc(Oc2ccc(C(F)(F)F)cc2Cl)ccc1CCC=O.CNC(=O)O. The van der Waals surface area contributed by atoms with E-state index in [1.807, 2.05) is 24.4 Å². The van der Waals surface area contributed by atoms with Gasteiger partial charge in [-0.2, -0.15) is 13.2 Å². The first-order valence-corrected chi connectivity index (χ1v) is 9.00. The Labute approximate surface area is 171 Å². The second-order valence-corrected chi connectivity index (χ2v) is 6.20. The zero-order valence-corrected chi connectivity index (χ0v) is 16.6. The van der Waals surface area contributed by atoms with E-state index < -0.39 is 17.8 Å². The van der Waals surface area contributed by atoms with Crippen LogP contribution in [0.25, 0.3) is 0 Å². The normalized spacial score (nSPS) is 10.6. The number of rotatable bonds is 6. The highest BCUT2D eigenvalue weighted by molar-refractivity contribution is 6.32. The second kappa shape index (κ2) is 11.3. The van der Waals surface area contributed by atoms with Gasteiger partial charge < -0.3 is 20.0 Å². The number of ether oxygens (including phenoxy) is 1. The van der Waals surface area contributed by atoms with Crippen molar-refractivity contribution in [3.8, 4) is 11.5 Å². The molecule has 0 atom stereocenters. The summed E-state index contributed by atoms with van der Waals surface area (Å²) in [6, 6.07) is 8.37. The van der Waals surface area contributed by atoms with E-state index >= 15 is 0 Å². The topological polar surface area (TPSA) is 75.6 Å². The summed E-state index contributed by atoms with van der Waals surface area (Å²) in [6.07, 6.45) is -2.73. The van der Waals surface area contributed by atoms with E-state index in [0.717, 1.165) is 36.0 Å². The minimum Gasteiger partial charge on any atom is -0.465 e. The number of amides is 1. The third kappa shape index (κ3) is 8.03. The molecule has 2 N–H and O–H groups in total. The zero-order valence-electron chi connectivity index (χ0n) is 15.8. The summed E-state index contributed by atoms with van der Waals surface area (Å²) in [5, 5.41) is 9.45. The third-order valence-corrected chi connectivity index (χ3v) is 4.09. The Morgan fingerprint density at radius 2 is 1.86 bits per heavy atom. The Balaban J connectivity index is 0.000000749. The van der Waals surface area contributed by atoms with Crippen molar-refractivity contribution in [2.75, 3.05) is 7.05 Å². The molecule has 0 heterocycles. The van der Waals surface area contributed by atoms with Gasteiger partial charge in [-0.15, -0.1) is 0 Å². The molecule has 2 aromatic carbocycles. The molecular formula is C20H21ClF3NO4. The standard InChI is InChI=1S/C18H16ClF3O2.C2H5NO2/c1-2-12-10-15(7-5-13(12)4-3-9-23)24-17-8-6-14(11-16(17)19)18(20,21)22;1-3-2(4)5/h5-11H,2-4H2,1H3;3H,1H3,(H,4,5). The third-order valence-electron chi connectivity index (χ3n) is 3.79. The predicted octanol–water partition coefficient (Wildman–Crippen LogP) is 5.73. The molecule has 29 heavy (non-hydrogen) atoms. The van der Waals surface area contributed by atoms with Crippen LogP contribution in [0.5, 0.6) is 11.5 Å². The maximum absolute atomic E-state index is 12.6. The zero-order chi connectivity index (χ0) is 22.0. The van der Waals surface area contributed by atoms with Crippen molar-refractivity contribution in [3.63, 3.8) is 0 Å². The molecule has 0 saturated carbocycles. The van der Waals surface area contributed by atoms with Crippen LogP contribution in [-0.2, 0) is 23.8 Å². The van der Waals surface area contributed by atoms with E-state index in [9.17, 15) is 22.8 Å². The van der Waals surface area contributed by atoms with Gasteiger partial charge in [0.05, 0.1) is 10.6 Å². The summed E-state index contributed by atoms with van der Waals surface area (Å²) in [5.41, 5.74) is 1.26. The molecule has 0 aliphatic heterocycles. The summed E-state index contributed by atoms with van der Waals surface area (Å²) in [5.74, 6) is 0.649. The molecule has 5 nitrogen and oxygen atoms in total. The summed E-state index contributed by atoms with van der Waals surface area (Å²) < 4.78 is 43.6. The lowest BCUT2D eigenvalue weighted by Gasteiger charge is -2.13. The highest BCUT2D eigenvalue weighted by atomic mass is 35.5. The average molecular weight is 432 g/mol. The van der Waals surface area contributed by atoms with Crippen LogP contribution >= 0.6 is 11.6 Å². The lowest BCUT2D eigenvalue weighted by Crippen LogP contribution is -2.13. The highest BCUT2D eigenvalue weighted by Crippen LogP contribution is 2.36. The number of carbonyl (C=O) groups is 2. The fraction of sp³-hybridized carbons (Fsp3) is 0.300. The summed E-state index contributed by atoms with van der Waals surface area (Å²) >= 11 is 5.89. The summed E-state index contributed by atoms with van der Waals surface area (Å²) in [6.45, 7) is 1.98. The molecule has 2 aromatic rings. The number of carbonyl (C=O) groups excluding carboxylic acids is 1. The number of aldehydes is 1. The molecular weight excluding hydrogens is 411 g/mol. The molecule has 0 aliphatic carbocycles. The van der Waals surface area contributed by atoms with Gasteiger partial charge in [-0.05, 0) is 54.3 Å². The maximum Gasteiger partial charge on any atom is 0.416 e. The highest BCUT2D eigenvalue weighted by Gasteiger charge is 2.31. The van der Waals surface area contributed by atoms with E-state index in [4.69, 9.17) is 21.4 Å². The van der Waals surface area contributed by atoms with E-state index in [1.165, 1.54) is 13.1 Å². The van der Waals surface area contributed by atoms with E-state index in [2.05, 4.69) is 0 Å². The quantitative estimate of drug-likeness (QED) is 0.573. The van der Waals surface area contributed by atoms with Crippen molar-refractivity contribution in [3.05, 3.63) is 58.1 Å². The van der Waals surface area contributed by atoms with Gasteiger partial charge in [-0.3, -0.25) is 0 Å². The number of halogens is 4. The second-order valence-electron chi connectivity index (χ2n) is 5.79. The average Bonchev–Trinajstić information content (AvgIpc) is 2.68. The van der Waals surface area contributed by atoms with Gasteiger partial charge in [0.15, 0.2) is 0 Å². The lowest BCUT2D eigenvalue weighted by atomic mass is 10.0. The molecule has 0 unspecified atom stereocenters. The summed E-state index contributed by atoms with van der Waals surface area (Å²) in [7, 11) is 1.35. The van der Waals surface area contributed by atoms with Gasteiger partial charge in [0.2, 0.25) is 0 Å². The molecule has 2 rings (SSSR count). The number of nitrogens with one attached hydrogen (secondary N) is 1. The van der Waals surface area contributed by atoms with Gasteiger partial charge in [0.1, 0.15) is 17.8 Å². The first-order chi connectivity index (χ1) is 13.6.